The fourth-order valence-electron chi connectivity index (χ4n) is 4.58. The first kappa shape index (κ1) is 41.0. The highest BCUT2D eigenvalue weighted by atomic mass is 79.9. The van der Waals surface area contributed by atoms with Crippen LogP contribution in [-0.2, 0) is 31.9 Å². The molecule has 0 aliphatic heterocycles. The van der Waals surface area contributed by atoms with Crippen LogP contribution in [0, 0.1) is 0 Å². The molecule has 0 aromatic heterocycles. The Morgan fingerprint density at radius 3 is 1.27 bits per heavy atom. The Kier molecular flexibility index (Phi) is 17.0. The maximum absolute atomic E-state index is 11.7. The summed E-state index contributed by atoms with van der Waals surface area (Å²) in [5.41, 5.74) is 7.85. The first-order valence-electron chi connectivity index (χ1n) is 16.9. The summed E-state index contributed by atoms with van der Waals surface area (Å²) < 4.78 is 11.2. The molecule has 0 aliphatic carbocycles. The van der Waals surface area contributed by atoms with Crippen molar-refractivity contribution in [3.05, 3.63) is 137 Å². The van der Waals surface area contributed by atoms with Gasteiger partial charge in [0.2, 0.25) is 0 Å². The molecule has 0 atom stereocenters. The van der Waals surface area contributed by atoms with Crippen molar-refractivity contribution in [2.75, 3.05) is 0 Å². The van der Waals surface area contributed by atoms with Gasteiger partial charge >= 0.3 is 11.9 Å². The smallest absolute Gasteiger partial charge is 0.331 e. The third kappa shape index (κ3) is 17.1. The Morgan fingerprint density at radius 2 is 0.939 bits per heavy atom. The molecular formula is C44H53BrO4. The molecule has 260 valence electrons. The van der Waals surface area contributed by atoms with Crippen LogP contribution in [0.5, 0.6) is 0 Å². The van der Waals surface area contributed by atoms with E-state index in [1.807, 2.05) is 53.7 Å². The number of benzene rings is 4. The summed E-state index contributed by atoms with van der Waals surface area (Å²) in [6, 6.07) is 34.2. The lowest BCUT2D eigenvalue weighted by atomic mass is 10.0. The Labute approximate surface area is 303 Å². The van der Waals surface area contributed by atoms with E-state index < -0.39 is 11.2 Å². The van der Waals surface area contributed by atoms with Gasteiger partial charge in [0.15, 0.2) is 0 Å². The summed E-state index contributed by atoms with van der Waals surface area (Å²) in [6.07, 6.45) is 9.07. The van der Waals surface area contributed by atoms with Gasteiger partial charge in [0.1, 0.15) is 11.2 Å². The topological polar surface area (TPSA) is 52.6 Å². The van der Waals surface area contributed by atoms with E-state index in [1.54, 1.807) is 6.08 Å². The highest BCUT2D eigenvalue weighted by molar-refractivity contribution is 9.10. The van der Waals surface area contributed by atoms with E-state index in [4.69, 9.17) is 9.47 Å². The van der Waals surface area contributed by atoms with Crippen molar-refractivity contribution in [3.63, 3.8) is 0 Å². The quantitative estimate of drug-likeness (QED) is 0.127. The van der Waals surface area contributed by atoms with E-state index in [9.17, 15) is 9.59 Å². The largest absolute Gasteiger partial charge is 0.457 e. The average Bonchev–Trinajstić information content (AvgIpc) is 3.05. The SMILES string of the molecule is C=CC(=O)OC(C)(C)C.CCCc1ccc(-c2ccc(Br)cc2)cc1.CCCc1ccc(-c2ccc(C=CC(=O)OC(C)(C)C)cc2)cc1. The van der Waals surface area contributed by atoms with Crippen LogP contribution in [0.3, 0.4) is 0 Å². The predicted molar refractivity (Wildman–Crippen MR) is 210 cm³/mol. The number of esters is 2. The molecule has 5 heteroatoms. The zero-order valence-electron chi connectivity index (χ0n) is 30.5. The fraction of sp³-hybridized carbons (Fsp3) is 0.318. The number of aryl methyl sites for hydroxylation is 2. The number of hydrogen-bond donors (Lipinski definition) is 0. The molecule has 0 amide bonds. The Bertz CT molecular complexity index is 1600. The molecule has 0 fully saturated rings. The summed E-state index contributed by atoms with van der Waals surface area (Å²) in [6.45, 7) is 18.7. The molecule has 4 rings (SSSR count). The molecule has 0 radical (unpaired) electrons. The number of ether oxygens (including phenoxy) is 2. The summed E-state index contributed by atoms with van der Waals surface area (Å²) in [4.78, 5) is 22.2. The maximum atomic E-state index is 11.7. The van der Waals surface area contributed by atoms with Crippen molar-refractivity contribution < 1.29 is 19.1 Å². The monoisotopic (exact) mass is 724 g/mol. The number of hydrogen-bond acceptors (Lipinski definition) is 4. The van der Waals surface area contributed by atoms with Crippen LogP contribution < -0.4 is 0 Å². The lowest BCUT2D eigenvalue weighted by molar-refractivity contribution is -0.149. The van der Waals surface area contributed by atoms with Crippen LogP contribution in [0.15, 0.2) is 120 Å². The molecule has 4 aromatic rings. The first-order chi connectivity index (χ1) is 23.1. The minimum absolute atomic E-state index is 0.321. The molecule has 0 saturated carbocycles. The molecule has 4 aromatic carbocycles. The van der Waals surface area contributed by atoms with Gasteiger partial charge in [-0.3, -0.25) is 0 Å². The van der Waals surface area contributed by atoms with Crippen LogP contribution in [-0.4, -0.2) is 23.1 Å². The lowest BCUT2D eigenvalue weighted by Crippen LogP contribution is -2.22. The molecule has 0 bridgehead atoms. The Balaban J connectivity index is 0.000000286. The van der Waals surface area contributed by atoms with Gasteiger partial charge in [-0.25, -0.2) is 9.59 Å². The van der Waals surface area contributed by atoms with Crippen LogP contribution in [0.2, 0.25) is 0 Å². The van der Waals surface area contributed by atoms with E-state index in [2.05, 4.69) is 121 Å². The third-order valence-corrected chi connectivity index (χ3v) is 7.33. The molecule has 4 nitrogen and oxygen atoms in total. The molecule has 0 heterocycles. The Hall–Kier alpha value is -4.22. The zero-order valence-corrected chi connectivity index (χ0v) is 32.1. The van der Waals surface area contributed by atoms with Gasteiger partial charge in [0.05, 0.1) is 0 Å². The van der Waals surface area contributed by atoms with E-state index in [1.165, 1.54) is 52.3 Å². The fourth-order valence-corrected chi connectivity index (χ4v) is 4.84. The highest BCUT2D eigenvalue weighted by Crippen LogP contribution is 2.23. The van der Waals surface area contributed by atoms with Crippen LogP contribution in [0.25, 0.3) is 28.3 Å². The molecule has 0 spiro atoms. The van der Waals surface area contributed by atoms with Gasteiger partial charge in [0, 0.05) is 16.6 Å². The maximum Gasteiger partial charge on any atom is 0.331 e. The van der Waals surface area contributed by atoms with Crippen molar-refractivity contribution in [2.24, 2.45) is 0 Å². The second kappa shape index (κ2) is 20.3. The molecule has 0 saturated heterocycles. The van der Waals surface area contributed by atoms with Crippen molar-refractivity contribution in [1.82, 2.24) is 0 Å². The van der Waals surface area contributed by atoms with Gasteiger partial charge in [-0.1, -0.05) is 134 Å². The van der Waals surface area contributed by atoms with Crippen molar-refractivity contribution in [1.29, 1.82) is 0 Å². The van der Waals surface area contributed by atoms with Crippen molar-refractivity contribution in [2.45, 2.75) is 92.3 Å². The van der Waals surface area contributed by atoms with Crippen molar-refractivity contribution >= 4 is 33.9 Å². The van der Waals surface area contributed by atoms with E-state index >= 15 is 0 Å². The second-order valence-corrected chi connectivity index (χ2v) is 14.5. The average molecular weight is 726 g/mol. The number of carbonyl (C=O) groups excluding carboxylic acids is 2. The van der Waals surface area contributed by atoms with E-state index in [0.717, 1.165) is 29.0 Å². The van der Waals surface area contributed by atoms with Crippen LogP contribution >= 0.6 is 15.9 Å². The molecular weight excluding hydrogens is 672 g/mol. The van der Waals surface area contributed by atoms with Gasteiger partial charge in [0.25, 0.3) is 0 Å². The molecule has 0 aliphatic rings. The van der Waals surface area contributed by atoms with Crippen molar-refractivity contribution in [3.8, 4) is 22.3 Å². The predicted octanol–water partition coefficient (Wildman–Crippen LogP) is 12.2. The normalized spacial score (nSPS) is 11.0. The lowest BCUT2D eigenvalue weighted by Gasteiger charge is -2.17. The summed E-state index contributed by atoms with van der Waals surface area (Å²) >= 11 is 3.45. The summed E-state index contributed by atoms with van der Waals surface area (Å²) in [5, 5.41) is 0. The zero-order chi connectivity index (χ0) is 36.5. The van der Waals surface area contributed by atoms with Gasteiger partial charge in [-0.15, -0.1) is 0 Å². The standard InChI is InChI=1S/C22H26O2.C15H15Br.C7H12O2/c1-5-6-17-7-12-19(13-8-17)20-14-9-18(10-15-20)11-16-21(23)24-22(2,3)4;1-2-3-12-4-6-13(7-5-12)14-8-10-15(16)11-9-14;1-5-6(8)9-7(2,3)4/h7-16H,5-6H2,1-4H3;4-11H,2-3H2,1H3;5H,1H2,2-4H3. The number of rotatable bonds is 9. The van der Waals surface area contributed by atoms with Gasteiger partial charge < -0.3 is 9.47 Å². The highest BCUT2D eigenvalue weighted by Gasteiger charge is 2.14. The molecule has 0 N–H and O–H groups in total. The Morgan fingerprint density at radius 1 is 0.592 bits per heavy atom. The van der Waals surface area contributed by atoms with Crippen LogP contribution in [0.1, 0.15) is 84.9 Å². The first-order valence-corrected chi connectivity index (χ1v) is 17.7. The molecule has 49 heavy (non-hydrogen) atoms. The molecule has 0 unspecified atom stereocenters. The summed E-state index contributed by atoms with van der Waals surface area (Å²) in [5.74, 6) is -0.694. The van der Waals surface area contributed by atoms with Gasteiger partial charge in [-0.2, -0.15) is 0 Å². The third-order valence-electron chi connectivity index (χ3n) is 6.80. The minimum Gasteiger partial charge on any atom is -0.457 e. The van der Waals surface area contributed by atoms with E-state index in [-0.39, 0.29) is 11.9 Å². The van der Waals surface area contributed by atoms with E-state index in [0.29, 0.717) is 0 Å². The number of carbonyl (C=O) groups is 2. The summed E-state index contributed by atoms with van der Waals surface area (Å²) in [7, 11) is 0. The second-order valence-electron chi connectivity index (χ2n) is 13.6. The number of halogens is 1. The van der Waals surface area contributed by atoms with Crippen LogP contribution in [0.4, 0.5) is 0 Å². The minimum atomic E-state index is -0.463. The van der Waals surface area contributed by atoms with Gasteiger partial charge in [-0.05, 0) is 112 Å².